The molecule has 0 aliphatic rings. The third-order valence-corrected chi connectivity index (χ3v) is 2.53. The number of benzene rings is 1. The Hall–Kier alpha value is -1.23. The van der Waals surface area contributed by atoms with Crippen LogP contribution in [-0.2, 0) is 0 Å². The maximum atomic E-state index is 12.7. The monoisotopic (exact) mass is 233 g/mol. The third-order valence-electron chi connectivity index (χ3n) is 2.53. The van der Waals surface area contributed by atoms with Gasteiger partial charge in [-0.05, 0) is 20.0 Å². The first-order valence-corrected chi connectivity index (χ1v) is 4.88. The van der Waals surface area contributed by atoms with Gasteiger partial charge in [0.1, 0.15) is 11.6 Å². The molecule has 1 aromatic rings. The summed E-state index contributed by atoms with van der Waals surface area (Å²) in [6, 6.07) is 3.18. The number of phenolic OH excluding ortho intramolecular Hbond substituents is 1. The van der Waals surface area contributed by atoms with Gasteiger partial charge >= 0.3 is 0 Å². The molecule has 2 nitrogen and oxygen atoms in total. The topological polar surface area (TPSA) is 23.5 Å². The lowest BCUT2D eigenvalue weighted by atomic mass is 10.1. The van der Waals surface area contributed by atoms with E-state index in [-0.39, 0.29) is 5.75 Å². The number of rotatable bonds is 4. The Morgan fingerprint density at radius 2 is 2.00 bits per heavy atom. The summed E-state index contributed by atoms with van der Waals surface area (Å²) >= 11 is 0. The van der Waals surface area contributed by atoms with Gasteiger partial charge in [0.2, 0.25) is 0 Å². The average molecular weight is 233 g/mol. The highest BCUT2D eigenvalue weighted by Crippen LogP contribution is 2.28. The zero-order valence-electron chi connectivity index (χ0n) is 9.12. The highest BCUT2D eigenvalue weighted by atomic mass is 19.3. The number of phenols is 1. The maximum absolute atomic E-state index is 12.7. The summed E-state index contributed by atoms with van der Waals surface area (Å²) in [5, 5.41) is 9.49. The minimum atomic E-state index is -2.44. The summed E-state index contributed by atoms with van der Waals surface area (Å²) < 4.78 is 37.1. The van der Waals surface area contributed by atoms with Crippen molar-refractivity contribution >= 4 is 0 Å². The Balaban J connectivity index is 2.83. The standard InChI is InChI=1S/C11H14F3NO/c1-7(15(2)6-11(13)14)9-4-3-8(12)5-10(9)16/h3-5,7,11,16H,6H2,1-2H3. The molecule has 0 bridgehead atoms. The molecule has 0 saturated heterocycles. The van der Waals surface area contributed by atoms with Crippen molar-refractivity contribution in [1.82, 2.24) is 4.90 Å². The second-order valence-electron chi connectivity index (χ2n) is 3.71. The first-order valence-electron chi connectivity index (χ1n) is 4.88. The zero-order valence-corrected chi connectivity index (χ0v) is 9.12. The zero-order chi connectivity index (χ0) is 12.3. The number of hydrogen-bond donors (Lipinski definition) is 1. The smallest absolute Gasteiger partial charge is 0.251 e. The molecule has 0 fully saturated rings. The van der Waals surface area contributed by atoms with E-state index < -0.39 is 24.8 Å². The van der Waals surface area contributed by atoms with Gasteiger partial charge in [0.05, 0.1) is 6.54 Å². The lowest BCUT2D eigenvalue weighted by Crippen LogP contribution is -2.27. The van der Waals surface area contributed by atoms with Crippen LogP contribution in [0, 0.1) is 5.82 Å². The van der Waals surface area contributed by atoms with Gasteiger partial charge in [-0.3, -0.25) is 4.90 Å². The lowest BCUT2D eigenvalue weighted by molar-refractivity contribution is 0.0837. The normalized spacial score (nSPS) is 13.4. The van der Waals surface area contributed by atoms with Crippen LogP contribution in [0.5, 0.6) is 5.75 Å². The van der Waals surface area contributed by atoms with Gasteiger partial charge in [0, 0.05) is 17.7 Å². The molecule has 1 aromatic carbocycles. The molecule has 0 saturated carbocycles. The fraction of sp³-hybridized carbons (Fsp3) is 0.455. The molecule has 16 heavy (non-hydrogen) atoms. The van der Waals surface area contributed by atoms with Gasteiger partial charge in [-0.1, -0.05) is 6.07 Å². The SMILES string of the molecule is CC(c1ccc(F)cc1O)N(C)CC(F)F. The summed E-state index contributed by atoms with van der Waals surface area (Å²) in [6.45, 7) is 1.29. The molecule has 0 aliphatic carbocycles. The van der Waals surface area contributed by atoms with E-state index in [0.29, 0.717) is 5.56 Å². The van der Waals surface area contributed by atoms with Gasteiger partial charge in [-0.15, -0.1) is 0 Å². The first kappa shape index (κ1) is 12.8. The highest BCUT2D eigenvalue weighted by Gasteiger charge is 2.18. The number of halogens is 3. The molecule has 1 N–H and O–H groups in total. The van der Waals surface area contributed by atoms with Crippen LogP contribution in [0.4, 0.5) is 13.2 Å². The van der Waals surface area contributed by atoms with Crippen LogP contribution in [0.1, 0.15) is 18.5 Å². The molecule has 0 aromatic heterocycles. The summed E-state index contributed by atoms with van der Waals surface area (Å²) in [5.41, 5.74) is 0.435. The fourth-order valence-corrected chi connectivity index (χ4v) is 1.48. The molecule has 90 valence electrons. The molecule has 0 amide bonds. The minimum Gasteiger partial charge on any atom is -0.508 e. The van der Waals surface area contributed by atoms with Crippen molar-refractivity contribution in [2.24, 2.45) is 0 Å². The largest absolute Gasteiger partial charge is 0.508 e. The van der Waals surface area contributed by atoms with Gasteiger partial charge in [-0.25, -0.2) is 13.2 Å². The molecule has 0 radical (unpaired) electrons. The van der Waals surface area contributed by atoms with E-state index in [0.717, 1.165) is 6.07 Å². The van der Waals surface area contributed by atoms with Crippen molar-refractivity contribution < 1.29 is 18.3 Å². The van der Waals surface area contributed by atoms with E-state index in [1.807, 2.05) is 0 Å². The second-order valence-corrected chi connectivity index (χ2v) is 3.71. The fourth-order valence-electron chi connectivity index (χ4n) is 1.48. The van der Waals surface area contributed by atoms with Crippen molar-refractivity contribution in [3.05, 3.63) is 29.6 Å². The Bertz CT molecular complexity index is 357. The van der Waals surface area contributed by atoms with E-state index in [9.17, 15) is 18.3 Å². The molecule has 0 aliphatic heterocycles. The van der Waals surface area contributed by atoms with Crippen LogP contribution in [0.3, 0.4) is 0 Å². The molecular weight excluding hydrogens is 219 g/mol. The van der Waals surface area contributed by atoms with E-state index in [1.54, 1.807) is 6.92 Å². The average Bonchev–Trinajstić information content (AvgIpc) is 2.15. The molecule has 0 spiro atoms. The Morgan fingerprint density at radius 1 is 1.38 bits per heavy atom. The van der Waals surface area contributed by atoms with E-state index >= 15 is 0 Å². The van der Waals surface area contributed by atoms with Crippen LogP contribution in [0.15, 0.2) is 18.2 Å². The van der Waals surface area contributed by atoms with Gasteiger partial charge in [0.15, 0.2) is 0 Å². The molecule has 5 heteroatoms. The van der Waals surface area contributed by atoms with Crippen molar-refractivity contribution in [3.8, 4) is 5.75 Å². The molecule has 1 atom stereocenters. The molecule has 0 heterocycles. The van der Waals surface area contributed by atoms with Gasteiger partial charge in [0.25, 0.3) is 6.43 Å². The molecule has 1 unspecified atom stereocenters. The molecular formula is C11H14F3NO. The van der Waals surface area contributed by atoms with Crippen molar-refractivity contribution in [3.63, 3.8) is 0 Å². The minimum absolute atomic E-state index is 0.214. The first-order chi connectivity index (χ1) is 7.41. The van der Waals surface area contributed by atoms with Crippen LogP contribution in [0.25, 0.3) is 0 Å². The van der Waals surface area contributed by atoms with E-state index in [4.69, 9.17) is 0 Å². The predicted molar refractivity (Wildman–Crippen MR) is 55.1 cm³/mol. The Labute approximate surface area is 92.3 Å². The Morgan fingerprint density at radius 3 is 2.50 bits per heavy atom. The van der Waals surface area contributed by atoms with Crippen LogP contribution in [0.2, 0.25) is 0 Å². The molecule has 1 rings (SSSR count). The van der Waals surface area contributed by atoms with Crippen molar-refractivity contribution in [2.75, 3.05) is 13.6 Å². The maximum Gasteiger partial charge on any atom is 0.251 e. The third kappa shape index (κ3) is 3.13. The van der Waals surface area contributed by atoms with E-state index in [2.05, 4.69) is 0 Å². The predicted octanol–water partition coefficient (Wildman–Crippen LogP) is 2.79. The van der Waals surface area contributed by atoms with Crippen LogP contribution < -0.4 is 0 Å². The number of hydrogen-bond acceptors (Lipinski definition) is 2. The van der Waals surface area contributed by atoms with Gasteiger partial charge < -0.3 is 5.11 Å². The summed E-state index contributed by atoms with van der Waals surface area (Å²) in [4.78, 5) is 1.40. The highest BCUT2D eigenvalue weighted by molar-refractivity contribution is 5.34. The number of alkyl halides is 2. The number of nitrogens with zero attached hydrogens (tertiary/aromatic N) is 1. The van der Waals surface area contributed by atoms with Crippen molar-refractivity contribution in [1.29, 1.82) is 0 Å². The summed E-state index contributed by atoms with van der Waals surface area (Å²) in [7, 11) is 1.53. The van der Waals surface area contributed by atoms with Crippen LogP contribution in [-0.4, -0.2) is 30.0 Å². The lowest BCUT2D eigenvalue weighted by Gasteiger charge is -2.25. The Kier molecular flexibility index (Phi) is 4.18. The van der Waals surface area contributed by atoms with Gasteiger partial charge in [-0.2, -0.15) is 0 Å². The number of aromatic hydroxyl groups is 1. The van der Waals surface area contributed by atoms with E-state index in [1.165, 1.54) is 24.1 Å². The quantitative estimate of drug-likeness (QED) is 0.864. The second kappa shape index (κ2) is 5.21. The summed E-state index contributed by atoms with van der Waals surface area (Å²) in [5.74, 6) is -0.765. The van der Waals surface area contributed by atoms with Crippen molar-refractivity contribution in [2.45, 2.75) is 19.4 Å². The summed E-state index contributed by atoms with van der Waals surface area (Å²) in [6.07, 6.45) is -2.44. The van der Waals surface area contributed by atoms with Crippen LogP contribution >= 0.6 is 0 Å².